The smallest absolute Gasteiger partial charge is 0.223 e. The highest BCUT2D eigenvalue weighted by Gasteiger charge is 2.25. The zero-order chi connectivity index (χ0) is 18.0. The number of carbonyl (C=O) groups excluding carboxylic acids is 1. The largest absolute Gasteiger partial charge is 0.312 e. The molecule has 0 saturated carbocycles. The minimum Gasteiger partial charge on any atom is -0.312 e. The fraction of sp³-hybridized carbons (Fsp3) is 0.350. The summed E-state index contributed by atoms with van der Waals surface area (Å²) in [6.45, 7) is 4.21. The number of benzene rings is 2. The van der Waals surface area contributed by atoms with Crippen molar-refractivity contribution in [1.82, 2.24) is 0 Å². The monoisotopic (exact) mass is 357 g/mol. The van der Waals surface area contributed by atoms with Gasteiger partial charge in [-0.3, -0.25) is 4.79 Å². The lowest BCUT2D eigenvalue weighted by molar-refractivity contribution is -0.116. The van der Waals surface area contributed by atoms with Crippen molar-refractivity contribution in [2.24, 2.45) is 0 Å². The Morgan fingerprint density at radius 1 is 1.16 bits per heavy atom. The van der Waals surface area contributed by atoms with Crippen molar-refractivity contribution in [1.29, 1.82) is 0 Å². The molecule has 1 amide bonds. The maximum Gasteiger partial charge on any atom is 0.223 e. The molecule has 0 saturated heterocycles. The van der Waals surface area contributed by atoms with Gasteiger partial charge in [-0.05, 0) is 48.1 Å². The van der Waals surface area contributed by atoms with Crippen molar-refractivity contribution >= 4 is 21.4 Å². The third kappa shape index (κ3) is 3.76. The molecule has 0 N–H and O–H groups in total. The molecule has 0 aromatic heterocycles. The van der Waals surface area contributed by atoms with Gasteiger partial charge in [0, 0.05) is 19.2 Å². The van der Waals surface area contributed by atoms with E-state index >= 15 is 0 Å². The van der Waals surface area contributed by atoms with E-state index in [0.29, 0.717) is 24.3 Å². The quantitative estimate of drug-likeness (QED) is 0.822. The molecule has 25 heavy (non-hydrogen) atoms. The number of hydrogen-bond donors (Lipinski definition) is 0. The molecular weight excluding hydrogens is 334 g/mol. The molecule has 1 heterocycles. The van der Waals surface area contributed by atoms with Gasteiger partial charge >= 0.3 is 0 Å². The standard InChI is InChI=1S/C20H23NO3S/c1-15(17-6-4-3-5-7-17)11-13-25(23,24)19-8-9-20-18(14-19)10-12-21(20)16(2)22/h3-9,14-15H,10-13H2,1-2H3. The lowest BCUT2D eigenvalue weighted by Crippen LogP contribution is -2.25. The Hall–Kier alpha value is -2.14. The lowest BCUT2D eigenvalue weighted by Gasteiger charge is -2.15. The highest BCUT2D eigenvalue weighted by atomic mass is 32.2. The van der Waals surface area contributed by atoms with E-state index in [1.165, 1.54) is 6.92 Å². The Bertz CT molecular complexity index is 875. The van der Waals surface area contributed by atoms with Crippen molar-refractivity contribution in [3.8, 4) is 0 Å². The van der Waals surface area contributed by atoms with E-state index in [4.69, 9.17) is 0 Å². The number of fused-ring (bicyclic) bond motifs is 1. The first kappa shape index (κ1) is 17.7. The number of nitrogens with zero attached hydrogens (tertiary/aromatic N) is 1. The molecule has 0 aliphatic carbocycles. The van der Waals surface area contributed by atoms with Crippen LogP contribution in [0.3, 0.4) is 0 Å². The summed E-state index contributed by atoms with van der Waals surface area (Å²) >= 11 is 0. The van der Waals surface area contributed by atoms with Crippen LogP contribution in [0.1, 0.15) is 37.3 Å². The molecule has 1 aliphatic rings. The number of hydrogen-bond acceptors (Lipinski definition) is 3. The fourth-order valence-electron chi connectivity index (χ4n) is 3.30. The zero-order valence-corrected chi connectivity index (χ0v) is 15.4. The average Bonchev–Trinajstić information content (AvgIpc) is 3.04. The van der Waals surface area contributed by atoms with Crippen LogP contribution in [-0.4, -0.2) is 26.6 Å². The van der Waals surface area contributed by atoms with Gasteiger partial charge < -0.3 is 4.90 Å². The fourth-order valence-corrected chi connectivity index (χ4v) is 4.79. The number of sulfone groups is 1. The third-order valence-electron chi connectivity index (χ3n) is 4.87. The van der Waals surface area contributed by atoms with Crippen LogP contribution < -0.4 is 4.90 Å². The van der Waals surface area contributed by atoms with Gasteiger partial charge in [0.25, 0.3) is 0 Å². The number of carbonyl (C=O) groups is 1. The molecule has 1 unspecified atom stereocenters. The van der Waals surface area contributed by atoms with E-state index in [2.05, 4.69) is 6.92 Å². The molecule has 1 aliphatic heterocycles. The van der Waals surface area contributed by atoms with Gasteiger partial charge in [0.15, 0.2) is 9.84 Å². The van der Waals surface area contributed by atoms with Crippen LogP contribution in [0, 0.1) is 0 Å². The highest BCUT2D eigenvalue weighted by Crippen LogP contribution is 2.31. The van der Waals surface area contributed by atoms with Crippen molar-refractivity contribution in [3.63, 3.8) is 0 Å². The van der Waals surface area contributed by atoms with Gasteiger partial charge in [0.05, 0.1) is 10.6 Å². The number of anilines is 1. The molecule has 0 radical (unpaired) electrons. The topological polar surface area (TPSA) is 54.5 Å². The van der Waals surface area contributed by atoms with Gasteiger partial charge in [-0.25, -0.2) is 8.42 Å². The second-order valence-corrected chi connectivity index (χ2v) is 8.74. The van der Waals surface area contributed by atoms with Gasteiger partial charge in [0.2, 0.25) is 5.91 Å². The Morgan fingerprint density at radius 2 is 1.88 bits per heavy atom. The summed E-state index contributed by atoms with van der Waals surface area (Å²) in [6, 6.07) is 15.1. The van der Waals surface area contributed by atoms with Crippen molar-refractivity contribution in [2.75, 3.05) is 17.2 Å². The lowest BCUT2D eigenvalue weighted by atomic mass is 9.99. The van der Waals surface area contributed by atoms with Crippen molar-refractivity contribution in [3.05, 3.63) is 59.7 Å². The molecule has 132 valence electrons. The summed E-state index contributed by atoms with van der Waals surface area (Å²) in [7, 11) is -3.33. The van der Waals surface area contributed by atoms with E-state index in [-0.39, 0.29) is 17.6 Å². The minimum atomic E-state index is -3.33. The summed E-state index contributed by atoms with van der Waals surface area (Å²) in [5.74, 6) is 0.308. The average molecular weight is 357 g/mol. The first-order valence-electron chi connectivity index (χ1n) is 8.57. The summed E-state index contributed by atoms with van der Waals surface area (Å²) < 4.78 is 25.4. The number of rotatable bonds is 5. The van der Waals surface area contributed by atoms with Crippen LogP contribution in [0.15, 0.2) is 53.4 Å². The van der Waals surface area contributed by atoms with E-state index < -0.39 is 9.84 Å². The maximum atomic E-state index is 12.7. The molecule has 5 heteroatoms. The van der Waals surface area contributed by atoms with Crippen LogP contribution in [0.4, 0.5) is 5.69 Å². The molecule has 0 bridgehead atoms. The highest BCUT2D eigenvalue weighted by molar-refractivity contribution is 7.91. The molecule has 1 atom stereocenters. The van der Waals surface area contributed by atoms with Gasteiger partial charge in [-0.1, -0.05) is 37.3 Å². The van der Waals surface area contributed by atoms with Crippen LogP contribution in [0.25, 0.3) is 0 Å². The Balaban J connectivity index is 1.74. The molecule has 2 aromatic carbocycles. The molecule has 2 aromatic rings. The minimum absolute atomic E-state index is 0.00829. The van der Waals surface area contributed by atoms with Gasteiger partial charge in [-0.2, -0.15) is 0 Å². The number of amides is 1. The predicted octanol–water partition coefficient (Wildman–Crippen LogP) is 3.56. The zero-order valence-electron chi connectivity index (χ0n) is 14.6. The van der Waals surface area contributed by atoms with E-state index in [0.717, 1.165) is 16.8 Å². The van der Waals surface area contributed by atoms with Crippen LogP contribution >= 0.6 is 0 Å². The second kappa shape index (κ2) is 7.00. The van der Waals surface area contributed by atoms with E-state index in [1.54, 1.807) is 23.1 Å². The Morgan fingerprint density at radius 3 is 2.56 bits per heavy atom. The SMILES string of the molecule is CC(=O)N1CCc2cc(S(=O)(=O)CCC(C)c3ccccc3)ccc21. The van der Waals surface area contributed by atoms with Crippen molar-refractivity contribution < 1.29 is 13.2 Å². The van der Waals surface area contributed by atoms with Gasteiger partial charge in [0.1, 0.15) is 0 Å². The summed E-state index contributed by atoms with van der Waals surface area (Å²) in [5.41, 5.74) is 2.93. The summed E-state index contributed by atoms with van der Waals surface area (Å²) in [4.78, 5) is 13.7. The third-order valence-corrected chi connectivity index (χ3v) is 6.62. The normalized spacial score (nSPS) is 15.0. The summed E-state index contributed by atoms with van der Waals surface area (Å²) in [5, 5.41) is 0. The van der Waals surface area contributed by atoms with E-state index in [9.17, 15) is 13.2 Å². The van der Waals surface area contributed by atoms with Crippen LogP contribution in [-0.2, 0) is 21.1 Å². The first-order chi connectivity index (χ1) is 11.9. The van der Waals surface area contributed by atoms with Gasteiger partial charge in [-0.15, -0.1) is 0 Å². The van der Waals surface area contributed by atoms with Crippen LogP contribution in [0.2, 0.25) is 0 Å². The predicted molar refractivity (Wildman–Crippen MR) is 99.7 cm³/mol. The second-order valence-electron chi connectivity index (χ2n) is 6.63. The van der Waals surface area contributed by atoms with Crippen molar-refractivity contribution in [2.45, 2.75) is 37.5 Å². The Labute approximate surface area is 149 Å². The molecule has 0 fully saturated rings. The molecule has 3 rings (SSSR count). The molecular formula is C20H23NO3S. The van der Waals surface area contributed by atoms with Crippen LogP contribution in [0.5, 0.6) is 0 Å². The maximum absolute atomic E-state index is 12.7. The molecule has 0 spiro atoms. The first-order valence-corrected chi connectivity index (χ1v) is 10.2. The van der Waals surface area contributed by atoms with E-state index in [1.807, 2.05) is 30.3 Å². The summed E-state index contributed by atoms with van der Waals surface area (Å²) in [6.07, 6.45) is 1.29. The Kier molecular flexibility index (Phi) is 4.95. The molecule has 4 nitrogen and oxygen atoms in total.